The average molecular weight is 267 g/mol. The van der Waals surface area contributed by atoms with Crippen LogP contribution in [0.2, 0.25) is 0 Å². The van der Waals surface area contributed by atoms with Crippen molar-refractivity contribution < 1.29 is 18.4 Å². The first kappa shape index (κ1) is 13.6. The van der Waals surface area contributed by atoms with E-state index in [0.29, 0.717) is 6.54 Å². The molecule has 0 N–H and O–H groups in total. The molecule has 0 aromatic heterocycles. The first-order valence-electron chi connectivity index (χ1n) is 6.25. The van der Waals surface area contributed by atoms with Gasteiger partial charge in [0, 0.05) is 19.0 Å². The Bertz CT molecular complexity index is 516. The molecule has 5 heteroatoms. The summed E-state index contributed by atoms with van der Waals surface area (Å²) in [5.74, 6) is -2.71. The molecule has 1 saturated heterocycles. The van der Waals surface area contributed by atoms with Gasteiger partial charge >= 0.3 is 0 Å². The highest BCUT2D eigenvalue weighted by molar-refractivity contribution is 5.95. The van der Waals surface area contributed by atoms with E-state index in [1.807, 2.05) is 0 Å². The number of nitrogens with zero attached hydrogens (tertiary/aromatic N) is 1. The Kier molecular flexibility index (Phi) is 3.93. The quantitative estimate of drug-likeness (QED) is 0.844. The van der Waals surface area contributed by atoms with Crippen molar-refractivity contribution in [3.8, 4) is 0 Å². The fourth-order valence-electron chi connectivity index (χ4n) is 2.47. The van der Waals surface area contributed by atoms with Gasteiger partial charge in [0.05, 0.1) is 5.56 Å². The standard InChI is InChI=1S/C14H15F2NO2/c1-9(18)8-10-4-3-7-17(10)14(19)11-5-2-6-12(15)13(11)16/h2,5-6,10H,3-4,7-8H2,1H3. The summed E-state index contributed by atoms with van der Waals surface area (Å²) in [6.45, 7) is 1.94. The third-order valence-electron chi connectivity index (χ3n) is 3.34. The van der Waals surface area contributed by atoms with E-state index in [-0.39, 0.29) is 23.8 Å². The molecule has 1 aromatic carbocycles. The van der Waals surface area contributed by atoms with E-state index in [0.717, 1.165) is 18.9 Å². The van der Waals surface area contributed by atoms with E-state index in [2.05, 4.69) is 0 Å². The van der Waals surface area contributed by atoms with Crippen LogP contribution >= 0.6 is 0 Å². The van der Waals surface area contributed by atoms with E-state index in [1.54, 1.807) is 0 Å². The average Bonchev–Trinajstić information content (AvgIpc) is 2.79. The van der Waals surface area contributed by atoms with Crippen molar-refractivity contribution in [3.05, 3.63) is 35.4 Å². The normalized spacial score (nSPS) is 18.7. The molecule has 102 valence electrons. The summed E-state index contributed by atoms with van der Waals surface area (Å²) in [7, 11) is 0. The van der Waals surface area contributed by atoms with Crippen LogP contribution in [0.25, 0.3) is 0 Å². The molecular weight excluding hydrogens is 252 g/mol. The number of carbonyl (C=O) groups is 2. The highest BCUT2D eigenvalue weighted by atomic mass is 19.2. The zero-order valence-corrected chi connectivity index (χ0v) is 10.7. The van der Waals surface area contributed by atoms with E-state index < -0.39 is 17.5 Å². The molecule has 0 saturated carbocycles. The number of likely N-dealkylation sites (tertiary alicyclic amines) is 1. The zero-order valence-electron chi connectivity index (χ0n) is 10.7. The Morgan fingerprint density at radius 3 is 2.79 bits per heavy atom. The van der Waals surface area contributed by atoms with Gasteiger partial charge < -0.3 is 4.90 Å². The Labute approximate surface area is 110 Å². The van der Waals surface area contributed by atoms with Crippen molar-refractivity contribution in [2.45, 2.75) is 32.2 Å². The van der Waals surface area contributed by atoms with Gasteiger partial charge in [-0.2, -0.15) is 0 Å². The van der Waals surface area contributed by atoms with Gasteiger partial charge in [-0.05, 0) is 31.9 Å². The van der Waals surface area contributed by atoms with Crippen LogP contribution in [0.4, 0.5) is 8.78 Å². The topological polar surface area (TPSA) is 37.4 Å². The second-order valence-corrected chi connectivity index (χ2v) is 4.80. The molecule has 0 spiro atoms. The molecule has 1 aliphatic heterocycles. The van der Waals surface area contributed by atoms with Crippen LogP contribution in [-0.4, -0.2) is 29.2 Å². The minimum Gasteiger partial charge on any atom is -0.335 e. The summed E-state index contributed by atoms with van der Waals surface area (Å²) in [6, 6.07) is 3.35. The lowest BCUT2D eigenvalue weighted by molar-refractivity contribution is -0.117. The van der Waals surface area contributed by atoms with Gasteiger partial charge in [0.1, 0.15) is 5.78 Å². The van der Waals surface area contributed by atoms with E-state index in [1.165, 1.54) is 24.0 Å². The zero-order chi connectivity index (χ0) is 14.0. The van der Waals surface area contributed by atoms with Gasteiger partial charge in [0.25, 0.3) is 5.91 Å². The monoisotopic (exact) mass is 267 g/mol. The van der Waals surface area contributed by atoms with Crippen molar-refractivity contribution in [1.82, 2.24) is 4.90 Å². The van der Waals surface area contributed by atoms with Gasteiger partial charge in [0.2, 0.25) is 0 Å². The number of amides is 1. The van der Waals surface area contributed by atoms with Gasteiger partial charge in [-0.3, -0.25) is 9.59 Å². The summed E-state index contributed by atoms with van der Waals surface area (Å²) in [5, 5.41) is 0. The van der Waals surface area contributed by atoms with Gasteiger partial charge in [-0.25, -0.2) is 8.78 Å². The predicted octanol–water partition coefficient (Wildman–Crippen LogP) is 2.55. The van der Waals surface area contributed by atoms with Gasteiger partial charge in [-0.15, -0.1) is 0 Å². The fraction of sp³-hybridized carbons (Fsp3) is 0.429. The number of halogens is 2. The van der Waals surface area contributed by atoms with Crippen LogP contribution in [-0.2, 0) is 4.79 Å². The SMILES string of the molecule is CC(=O)CC1CCCN1C(=O)c1cccc(F)c1F. The number of Topliss-reactive ketones (excluding diaryl/α,β-unsaturated/α-hetero) is 1. The third kappa shape index (κ3) is 2.80. The molecule has 1 aliphatic rings. The third-order valence-corrected chi connectivity index (χ3v) is 3.34. The van der Waals surface area contributed by atoms with Crippen LogP contribution in [0.1, 0.15) is 36.5 Å². The first-order valence-corrected chi connectivity index (χ1v) is 6.25. The summed E-state index contributed by atoms with van der Waals surface area (Å²) >= 11 is 0. The second-order valence-electron chi connectivity index (χ2n) is 4.80. The van der Waals surface area contributed by atoms with Crippen molar-refractivity contribution in [2.75, 3.05) is 6.54 Å². The van der Waals surface area contributed by atoms with E-state index >= 15 is 0 Å². The lowest BCUT2D eigenvalue weighted by Crippen LogP contribution is -2.37. The largest absolute Gasteiger partial charge is 0.335 e. The van der Waals surface area contributed by atoms with Gasteiger partial charge in [-0.1, -0.05) is 6.07 Å². The minimum absolute atomic E-state index is 0.00980. The number of ketones is 1. The number of benzene rings is 1. The lowest BCUT2D eigenvalue weighted by atomic mass is 10.1. The number of rotatable bonds is 3. The Hall–Kier alpha value is -1.78. The van der Waals surface area contributed by atoms with Crippen LogP contribution in [0.3, 0.4) is 0 Å². The summed E-state index contributed by atoms with van der Waals surface area (Å²) in [4.78, 5) is 24.8. The minimum atomic E-state index is -1.12. The highest BCUT2D eigenvalue weighted by Crippen LogP contribution is 2.24. The lowest BCUT2D eigenvalue weighted by Gasteiger charge is -2.24. The predicted molar refractivity (Wildman–Crippen MR) is 65.7 cm³/mol. The molecule has 3 nitrogen and oxygen atoms in total. The van der Waals surface area contributed by atoms with Crippen molar-refractivity contribution in [3.63, 3.8) is 0 Å². The van der Waals surface area contributed by atoms with Crippen LogP contribution < -0.4 is 0 Å². The van der Waals surface area contributed by atoms with Crippen molar-refractivity contribution in [2.24, 2.45) is 0 Å². The Morgan fingerprint density at radius 1 is 1.37 bits per heavy atom. The first-order chi connectivity index (χ1) is 9.00. The van der Waals surface area contributed by atoms with E-state index in [9.17, 15) is 18.4 Å². The summed E-state index contributed by atoms with van der Waals surface area (Å²) in [5.41, 5.74) is -0.268. The molecule has 1 atom stereocenters. The summed E-state index contributed by atoms with van der Waals surface area (Å²) in [6.07, 6.45) is 1.77. The number of carbonyl (C=O) groups excluding carboxylic acids is 2. The second kappa shape index (κ2) is 5.47. The molecule has 1 unspecified atom stereocenters. The molecule has 1 aromatic rings. The molecule has 0 bridgehead atoms. The smallest absolute Gasteiger partial charge is 0.257 e. The fourth-order valence-corrected chi connectivity index (χ4v) is 2.47. The van der Waals surface area contributed by atoms with Crippen LogP contribution in [0, 0.1) is 11.6 Å². The molecule has 1 fully saturated rings. The molecular formula is C14H15F2NO2. The highest BCUT2D eigenvalue weighted by Gasteiger charge is 2.31. The summed E-state index contributed by atoms with van der Waals surface area (Å²) < 4.78 is 26.7. The Morgan fingerprint density at radius 2 is 2.11 bits per heavy atom. The maximum atomic E-state index is 13.6. The van der Waals surface area contributed by atoms with E-state index in [4.69, 9.17) is 0 Å². The number of hydrogen-bond acceptors (Lipinski definition) is 2. The molecule has 1 amide bonds. The molecule has 0 aliphatic carbocycles. The molecule has 0 radical (unpaired) electrons. The maximum Gasteiger partial charge on any atom is 0.257 e. The Balaban J connectivity index is 2.23. The molecule has 1 heterocycles. The van der Waals surface area contributed by atoms with Crippen LogP contribution in [0.5, 0.6) is 0 Å². The maximum absolute atomic E-state index is 13.6. The number of hydrogen-bond donors (Lipinski definition) is 0. The van der Waals surface area contributed by atoms with Gasteiger partial charge in [0.15, 0.2) is 11.6 Å². The molecule has 2 rings (SSSR count). The molecule has 19 heavy (non-hydrogen) atoms. The van der Waals surface area contributed by atoms with Crippen molar-refractivity contribution >= 4 is 11.7 Å². The van der Waals surface area contributed by atoms with Crippen LogP contribution in [0.15, 0.2) is 18.2 Å². The van der Waals surface area contributed by atoms with Crippen molar-refractivity contribution in [1.29, 1.82) is 0 Å².